The predicted molar refractivity (Wildman–Crippen MR) is 125 cm³/mol. The summed E-state index contributed by atoms with van der Waals surface area (Å²) in [5.74, 6) is -0.0898. The molecule has 1 heterocycles. The molecule has 0 radical (unpaired) electrons. The Labute approximate surface area is 179 Å². The highest BCUT2D eigenvalue weighted by molar-refractivity contribution is 6.15. The summed E-state index contributed by atoms with van der Waals surface area (Å²) in [4.78, 5) is 16.1. The highest BCUT2D eigenvalue weighted by Crippen LogP contribution is 2.41. The van der Waals surface area contributed by atoms with Crippen molar-refractivity contribution in [3.8, 4) is 11.1 Å². The number of hydrogen-bond donors (Lipinski definition) is 0. The standard InChI is InChI=1S/C27H20N2O2/c30-29(31)27-25(15-18-8-2-6-12-26(18)28-27)24-16-23-19-9-3-1-7-17(19)13-14-22(23)20-10-4-5-11-21(20)24/h2,4-6,8,10-16H,1,3,7,9H2. The van der Waals surface area contributed by atoms with Gasteiger partial charge in [0, 0.05) is 5.39 Å². The van der Waals surface area contributed by atoms with E-state index in [2.05, 4.69) is 35.3 Å². The summed E-state index contributed by atoms with van der Waals surface area (Å²) in [5.41, 5.74) is 4.90. The maximum absolute atomic E-state index is 12.0. The molecule has 1 aromatic heterocycles. The Morgan fingerprint density at radius 3 is 2.35 bits per heavy atom. The van der Waals surface area contributed by atoms with Gasteiger partial charge in [-0.3, -0.25) is 0 Å². The Balaban J connectivity index is 1.77. The topological polar surface area (TPSA) is 56.0 Å². The molecule has 0 amide bonds. The van der Waals surface area contributed by atoms with E-state index in [-0.39, 0.29) is 10.7 Å². The van der Waals surface area contributed by atoms with Crippen molar-refractivity contribution in [3.63, 3.8) is 0 Å². The number of aryl methyl sites for hydroxylation is 2. The maximum Gasteiger partial charge on any atom is 0.371 e. The first-order valence-electron chi connectivity index (χ1n) is 10.7. The van der Waals surface area contributed by atoms with Crippen LogP contribution in [0.15, 0.2) is 72.8 Å². The molecule has 6 rings (SSSR count). The van der Waals surface area contributed by atoms with Crippen LogP contribution in [-0.4, -0.2) is 9.91 Å². The van der Waals surface area contributed by atoms with E-state index in [1.165, 1.54) is 34.7 Å². The molecule has 0 bridgehead atoms. The third kappa shape index (κ3) is 2.79. The van der Waals surface area contributed by atoms with Gasteiger partial charge in [0.25, 0.3) is 0 Å². The van der Waals surface area contributed by atoms with Crippen LogP contribution in [0.5, 0.6) is 0 Å². The van der Waals surface area contributed by atoms with Gasteiger partial charge in [-0.25, -0.2) is 0 Å². The van der Waals surface area contributed by atoms with Crippen molar-refractivity contribution in [1.29, 1.82) is 0 Å². The van der Waals surface area contributed by atoms with E-state index in [4.69, 9.17) is 0 Å². The zero-order valence-corrected chi connectivity index (χ0v) is 17.0. The van der Waals surface area contributed by atoms with Gasteiger partial charge in [-0.05, 0) is 92.0 Å². The molecule has 1 aliphatic rings. The van der Waals surface area contributed by atoms with E-state index in [1.54, 1.807) is 0 Å². The number of nitrogens with zero attached hydrogens (tertiary/aromatic N) is 2. The van der Waals surface area contributed by atoms with Gasteiger partial charge in [0.1, 0.15) is 0 Å². The van der Waals surface area contributed by atoms with E-state index >= 15 is 0 Å². The van der Waals surface area contributed by atoms with E-state index in [1.807, 2.05) is 42.5 Å². The number of aromatic nitrogens is 1. The number of rotatable bonds is 2. The third-order valence-corrected chi connectivity index (χ3v) is 6.54. The Kier molecular flexibility index (Phi) is 4.00. The van der Waals surface area contributed by atoms with Gasteiger partial charge in [0.05, 0.1) is 5.56 Å². The first kappa shape index (κ1) is 18.0. The second kappa shape index (κ2) is 6.88. The minimum Gasteiger partial charge on any atom is -0.358 e. The van der Waals surface area contributed by atoms with Gasteiger partial charge in [-0.15, -0.1) is 0 Å². The maximum atomic E-state index is 12.0. The lowest BCUT2D eigenvalue weighted by Crippen LogP contribution is -2.03. The van der Waals surface area contributed by atoms with Gasteiger partial charge in [0.2, 0.25) is 0 Å². The molecule has 0 aliphatic heterocycles. The summed E-state index contributed by atoms with van der Waals surface area (Å²) in [6.45, 7) is 0. The number of benzene rings is 4. The molecular formula is C27H20N2O2. The van der Waals surface area contributed by atoms with E-state index in [0.29, 0.717) is 11.1 Å². The summed E-state index contributed by atoms with van der Waals surface area (Å²) >= 11 is 0. The fourth-order valence-corrected chi connectivity index (χ4v) is 5.10. The molecule has 0 saturated heterocycles. The molecule has 0 fully saturated rings. The van der Waals surface area contributed by atoms with Crippen LogP contribution in [0, 0.1) is 10.1 Å². The second-order valence-corrected chi connectivity index (χ2v) is 8.28. The molecule has 0 spiro atoms. The quantitative estimate of drug-likeness (QED) is 0.181. The SMILES string of the molecule is O=[N+]([O-])c1nc2ccccc2cc1-c1cc2c3c(ccc2c2ccccc12)CCCC3. The average molecular weight is 404 g/mol. The highest BCUT2D eigenvalue weighted by atomic mass is 16.6. The van der Waals surface area contributed by atoms with Crippen molar-refractivity contribution in [3.05, 3.63) is 94.0 Å². The summed E-state index contributed by atoms with van der Waals surface area (Å²) in [6.07, 6.45) is 4.57. The summed E-state index contributed by atoms with van der Waals surface area (Å²) in [7, 11) is 0. The van der Waals surface area contributed by atoms with Crippen LogP contribution in [0.2, 0.25) is 0 Å². The first-order valence-corrected chi connectivity index (χ1v) is 10.7. The third-order valence-electron chi connectivity index (χ3n) is 6.54. The average Bonchev–Trinajstić information content (AvgIpc) is 2.82. The van der Waals surface area contributed by atoms with Crippen LogP contribution in [-0.2, 0) is 12.8 Å². The molecule has 0 saturated carbocycles. The number of hydrogen-bond acceptors (Lipinski definition) is 3. The first-order chi connectivity index (χ1) is 15.2. The van der Waals surface area contributed by atoms with Crippen molar-refractivity contribution in [1.82, 2.24) is 4.98 Å². The molecule has 150 valence electrons. The summed E-state index contributed by atoms with van der Waals surface area (Å²) in [5, 5.41) is 17.5. The zero-order valence-electron chi connectivity index (χ0n) is 17.0. The lowest BCUT2D eigenvalue weighted by atomic mass is 9.84. The van der Waals surface area contributed by atoms with Gasteiger partial charge in [-0.2, -0.15) is 0 Å². The van der Waals surface area contributed by atoms with Gasteiger partial charge < -0.3 is 10.1 Å². The van der Waals surface area contributed by atoms with Gasteiger partial charge in [-0.1, -0.05) is 54.6 Å². The molecule has 5 aromatic rings. The van der Waals surface area contributed by atoms with E-state index in [0.717, 1.165) is 34.6 Å². The highest BCUT2D eigenvalue weighted by Gasteiger charge is 2.23. The molecular weight excluding hydrogens is 384 g/mol. The molecule has 31 heavy (non-hydrogen) atoms. The van der Waals surface area contributed by atoms with Crippen LogP contribution >= 0.6 is 0 Å². The van der Waals surface area contributed by atoms with Crippen molar-refractivity contribution in [2.24, 2.45) is 0 Å². The molecule has 0 atom stereocenters. The summed E-state index contributed by atoms with van der Waals surface area (Å²) < 4.78 is 0. The van der Waals surface area contributed by atoms with Gasteiger partial charge in [0.15, 0.2) is 5.52 Å². The fourth-order valence-electron chi connectivity index (χ4n) is 5.10. The van der Waals surface area contributed by atoms with Crippen molar-refractivity contribution in [2.45, 2.75) is 25.7 Å². The fraction of sp³-hybridized carbons (Fsp3) is 0.148. The van der Waals surface area contributed by atoms with Crippen LogP contribution in [0.3, 0.4) is 0 Å². The van der Waals surface area contributed by atoms with Crippen molar-refractivity contribution >= 4 is 38.3 Å². The lowest BCUT2D eigenvalue weighted by molar-refractivity contribution is -0.388. The number of nitro groups is 1. The largest absolute Gasteiger partial charge is 0.371 e. The Bertz CT molecular complexity index is 1520. The van der Waals surface area contributed by atoms with E-state index < -0.39 is 0 Å². The van der Waals surface area contributed by atoms with Gasteiger partial charge >= 0.3 is 5.82 Å². The van der Waals surface area contributed by atoms with Crippen LogP contribution in [0.1, 0.15) is 24.0 Å². The molecule has 0 unspecified atom stereocenters. The van der Waals surface area contributed by atoms with Crippen LogP contribution in [0.4, 0.5) is 5.82 Å². The normalized spacial score (nSPS) is 13.5. The minimum absolute atomic E-state index is 0.0898. The lowest BCUT2D eigenvalue weighted by Gasteiger charge is -2.20. The van der Waals surface area contributed by atoms with Crippen LogP contribution in [0.25, 0.3) is 43.6 Å². The Hall–Kier alpha value is -3.79. The Morgan fingerprint density at radius 2 is 1.48 bits per heavy atom. The molecule has 4 heteroatoms. The number of para-hydroxylation sites is 1. The number of pyridine rings is 1. The van der Waals surface area contributed by atoms with Crippen LogP contribution < -0.4 is 0 Å². The molecule has 4 aromatic carbocycles. The van der Waals surface area contributed by atoms with E-state index in [9.17, 15) is 10.1 Å². The van der Waals surface area contributed by atoms with Crippen molar-refractivity contribution < 1.29 is 4.92 Å². The predicted octanol–water partition coefficient (Wildman–Crippen LogP) is 7.00. The number of fused-ring (bicyclic) bond motifs is 6. The zero-order chi connectivity index (χ0) is 20.9. The monoisotopic (exact) mass is 404 g/mol. The second-order valence-electron chi connectivity index (χ2n) is 8.28. The molecule has 4 nitrogen and oxygen atoms in total. The Morgan fingerprint density at radius 1 is 0.742 bits per heavy atom. The minimum atomic E-state index is -0.360. The molecule has 0 N–H and O–H groups in total. The summed E-state index contributed by atoms with van der Waals surface area (Å²) in [6, 6.07) is 24.4. The molecule has 1 aliphatic carbocycles. The van der Waals surface area contributed by atoms with Crippen molar-refractivity contribution in [2.75, 3.05) is 0 Å². The smallest absolute Gasteiger partial charge is 0.358 e.